The Balaban J connectivity index is 1.31. The van der Waals surface area contributed by atoms with Gasteiger partial charge in [-0.2, -0.15) is 0 Å². The van der Waals surface area contributed by atoms with Gasteiger partial charge in [0.1, 0.15) is 18.1 Å². The molecule has 0 aliphatic carbocycles. The first-order chi connectivity index (χ1) is 19.1. The molecule has 1 amide bonds. The maximum Gasteiger partial charge on any atom is 0.339 e. The van der Waals surface area contributed by atoms with Crippen molar-refractivity contribution >= 4 is 28.5 Å². The summed E-state index contributed by atoms with van der Waals surface area (Å²) < 4.78 is 16.5. The van der Waals surface area contributed by atoms with E-state index in [0.717, 1.165) is 16.9 Å². The van der Waals surface area contributed by atoms with Gasteiger partial charge in [-0.15, -0.1) is 0 Å². The van der Waals surface area contributed by atoms with Gasteiger partial charge in [0.2, 0.25) is 0 Å². The van der Waals surface area contributed by atoms with Crippen LogP contribution in [0.3, 0.4) is 0 Å². The second kappa shape index (κ2) is 11.9. The molecule has 0 fully saturated rings. The van der Waals surface area contributed by atoms with Crippen molar-refractivity contribution in [1.29, 1.82) is 0 Å². The van der Waals surface area contributed by atoms with E-state index in [-0.39, 0.29) is 0 Å². The van der Waals surface area contributed by atoms with E-state index >= 15 is 0 Å². The Bertz CT molecular complexity index is 1600. The average Bonchev–Trinajstić information content (AvgIpc) is 2.99. The summed E-state index contributed by atoms with van der Waals surface area (Å²) in [5, 5.41) is 3.34. The fraction of sp³-hybridized carbons (Fsp3) is 0.0938. The maximum atomic E-state index is 13.1. The van der Waals surface area contributed by atoms with Crippen LogP contribution in [0.2, 0.25) is 0 Å². The average molecular weight is 519 g/mol. The zero-order valence-electron chi connectivity index (χ0n) is 21.3. The summed E-state index contributed by atoms with van der Waals surface area (Å²) in [6.07, 6.45) is 0. The largest absolute Gasteiger partial charge is 0.495 e. The predicted molar refractivity (Wildman–Crippen MR) is 150 cm³/mol. The van der Waals surface area contributed by atoms with E-state index in [9.17, 15) is 9.59 Å². The van der Waals surface area contributed by atoms with Gasteiger partial charge in [0.15, 0.2) is 6.61 Å². The Kier molecular flexibility index (Phi) is 7.79. The highest BCUT2D eigenvalue weighted by atomic mass is 16.5. The highest BCUT2D eigenvalue weighted by molar-refractivity contribution is 6.05. The van der Waals surface area contributed by atoms with Crippen molar-refractivity contribution < 1.29 is 23.8 Å². The topological polar surface area (TPSA) is 86.8 Å². The summed E-state index contributed by atoms with van der Waals surface area (Å²) in [5.41, 5.74) is 3.96. The molecule has 0 aliphatic heterocycles. The molecule has 1 heterocycles. The van der Waals surface area contributed by atoms with Gasteiger partial charge in [-0.05, 0) is 54.1 Å². The maximum absolute atomic E-state index is 13.1. The predicted octanol–water partition coefficient (Wildman–Crippen LogP) is 6.28. The molecule has 0 radical (unpaired) electrons. The number of carbonyl (C=O) groups excluding carboxylic acids is 2. The highest BCUT2D eigenvalue weighted by Gasteiger charge is 2.17. The molecule has 5 aromatic rings. The molecule has 194 valence electrons. The molecule has 4 aromatic carbocycles. The number of ether oxygens (including phenoxy) is 3. The monoisotopic (exact) mass is 518 g/mol. The Labute approximate surface area is 226 Å². The van der Waals surface area contributed by atoms with Crippen LogP contribution in [-0.4, -0.2) is 30.6 Å². The third-order valence-electron chi connectivity index (χ3n) is 6.05. The molecule has 0 saturated carbocycles. The molecule has 0 unspecified atom stereocenters. The molecule has 1 aromatic heterocycles. The fourth-order valence-corrected chi connectivity index (χ4v) is 4.10. The van der Waals surface area contributed by atoms with Gasteiger partial charge in [-0.25, -0.2) is 9.78 Å². The molecular formula is C32H26N2O5. The lowest BCUT2D eigenvalue weighted by Gasteiger charge is -2.12. The fourth-order valence-electron chi connectivity index (χ4n) is 4.10. The number of para-hydroxylation sites is 3. The van der Waals surface area contributed by atoms with Crippen LogP contribution in [-0.2, 0) is 16.1 Å². The number of hydrogen-bond acceptors (Lipinski definition) is 6. The molecule has 7 nitrogen and oxygen atoms in total. The van der Waals surface area contributed by atoms with Crippen LogP contribution in [0.4, 0.5) is 5.69 Å². The van der Waals surface area contributed by atoms with Crippen LogP contribution in [0.15, 0.2) is 109 Å². The highest BCUT2D eigenvalue weighted by Crippen LogP contribution is 2.27. The Hall–Kier alpha value is -5.17. The second-order valence-electron chi connectivity index (χ2n) is 8.70. The number of esters is 1. The Morgan fingerprint density at radius 3 is 2.33 bits per heavy atom. The molecule has 1 N–H and O–H groups in total. The van der Waals surface area contributed by atoms with E-state index in [1.807, 2.05) is 72.8 Å². The lowest BCUT2D eigenvalue weighted by atomic mass is 10.0. The third-order valence-corrected chi connectivity index (χ3v) is 6.05. The summed E-state index contributed by atoms with van der Waals surface area (Å²) >= 11 is 0. The molecule has 7 heteroatoms. The number of amides is 1. The standard InChI is InChI=1S/C32H26N2O5/c1-37-30-14-8-7-13-28(30)34-31(35)21-39-32(36)26-19-29(33-27-12-6-5-11-25(26)27)23-15-17-24(18-16-23)38-20-22-9-3-2-4-10-22/h2-19H,20-21H2,1H3,(H,34,35). The van der Waals surface area contributed by atoms with Gasteiger partial charge in [-0.3, -0.25) is 4.79 Å². The minimum Gasteiger partial charge on any atom is -0.495 e. The zero-order chi connectivity index (χ0) is 27.0. The van der Waals surface area contributed by atoms with Crippen molar-refractivity contribution in [3.8, 4) is 22.8 Å². The van der Waals surface area contributed by atoms with Gasteiger partial charge in [-0.1, -0.05) is 60.7 Å². The van der Waals surface area contributed by atoms with Crippen LogP contribution in [0.1, 0.15) is 15.9 Å². The first-order valence-corrected chi connectivity index (χ1v) is 12.4. The number of fused-ring (bicyclic) bond motifs is 1. The van der Waals surface area contributed by atoms with Crippen LogP contribution in [0, 0.1) is 0 Å². The number of anilines is 1. The van der Waals surface area contributed by atoms with Gasteiger partial charge >= 0.3 is 5.97 Å². The summed E-state index contributed by atoms with van der Waals surface area (Å²) in [6.45, 7) is 0.0192. The van der Waals surface area contributed by atoms with E-state index in [1.54, 1.807) is 36.4 Å². The molecule has 0 atom stereocenters. The molecule has 39 heavy (non-hydrogen) atoms. The van der Waals surface area contributed by atoms with Gasteiger partial charge in [0, 0.05) is 10.9 Å². The van der Waals surface area contributed by atoms with E-state index in [2.05, 4.69) is 5.32 Å². The van der Waals surface area contributed by atoms with E-state index < -0.39 is 18.5 Å². The summed E-state index contributed by atoms with van der Waals surface area (Å²) in [4.78, 5) is 30.3. The number of carbonyl (C=O) groups is 2. The number of methoxy groups -OCH3 is 1. The van der Waals surface area contributed by atoms with Crippen LogP contribution < -0.4 is 14.8 Å². The summed E-state index contributed by atoms with van der Waals surface area (Å²) in [6, 6.07) is 33.5. The normalized spacial score (nSPS) is 10.6. The Morgan fingerprint density at radius 2 is 1.54 bits per heavy atom. The van der Waals surface area contributed by atoms with Crippen molar-refractivity contribution in [3.05, 3.63) is 120 Å². The van der Waals surface area contributed by atoms with Gasteiger partial charge in [0.05, 0.1) is 29.6 Å². The minimum atomic E-state index is -0.618. The Morgan fingerprint density at radius 1 is 0.821 bits per heavy atom. The van der Waals surface area contributed by atoms with Crippen LogP contribution in [0.25, 0.3) is 22.2 Å². The quantitative estimate of drug-likeness (QED) is 0.231. The smallest absolute Gasteiger partial charge is 0.339 e. The van der Waals surface area contributed by atoms with E-state index in [4.69, 9.17) is 19.2 Å². The number of benzene rings is 4. The number of aromatic nitrogens is 1. The molecular weight excluding hydrogens is 492 g/mol. The van der Waals surface area contributed by atoms with Crippen molar-refractivity contribution in [2.45, 2.75) is 6.61 Å². The lowest BCUT2D eigenvalue weighted by Crippen LogP contribution is -2.21. The SMILES string of the molecule is COc1ccccc1NC(=O)COC(=O)c1cc(-c2ccc(OCc3ccccc3)cc2)nc2ccccc12. The lowest BCUT2D eigenvalue weighted by molar-refractivity contribution is -0.119. The van der Waals surface area contributed by atoms with Gasteiger partial charge in [0.25, 0.3) is 5.91 Å². The number of hydrogen-bond donors (Lipinski definition) is 1. The molecule has 0 bridgehead atoms. The number of rotatable bonds is 9. The first kappa shape index (κ1) is 25.5. The van der Waals surface area contributed by atoms with Crippen LogP contribution in [0.5, 0.6) is 11.5 Å². The van der Waals surface area contributed by atoms with Crippen molar-refractivity contribution in [2.24, 2.45) is 0 Å². The minimum absolute atomic E-state index is 0.324. The van der Waals surface area contributed by atoms with Crippen molar-refractivity contribution in [1.82, 2.24) is 4.98 Å². The third kappa shape index (κ3) is 6.22. The zero-order valence-corrected chi connectivity index (χ0v) is 21.3. The molecule has 5 rings (SSSR count). The van der Waals surface area contributed by atoms with Crippen molar-refractivity contribution in [3.63, 3.8) is 0 Å². The summed E-state index contributed by atoms with van der Waals surface area (Å²) in [7, 11) is 1.52. The summed E-state index contributed by atoms with van der Waals surface area (Å²) in [5.74, 6) is 0.146. The second-order valence-corrected chi connectivity index (χ2v) is 8.70. The molecule has 0 spiro atoms. The molecule has 0 saturated heterocycles. The molecule has 0 aliphatic rings. The number of nitrogens with zero attached hydrogens (tertiary/aromatic N) is 1. The van der Waals surface area contributed by atoms with E-state index in [0.29, 0.717) is 40.2 Å². The van der Waals surface area contributed by atoms with Crippen LogP contribution >= 0.6 is 0 Å². The van der Waals surface area contributed by atoms with Gasteiger partial charge < -0.3 is 19.5 Å². The van der Waals surface area contributed by atoms with Crippen molar-refractivity contribution in [2.75, 3.05) is 19.0 Å². The first-order valence-electron chi connectivity index (χ1n) is 12.4. The van der Waals surface area contributed by atoms with E-state index in [1.165, 1.54) is 7.11 Å². The number of nitrogens with one attached hydrogen (secondary N) is 1. The number of pyridine rings is 1.